The zero-order valence-corrected chi connectivity index (χ0v) is 10.1. The van der Waals surface area contributed by atoms with Crippen LogP contribution in [0.15, 0.2) is 18.2 Å². The second-order valence-corrected chi connectivity index (χ2v) is 4.70. The standard InChI is InChI=1S/C13H17FN2O2/c14-10-2-1-3-11(13(10)15)16-6-4-9(5-7-16)8-12(17)18/h1-3,9H,4-8,15H2,(H,17,18). The van der Waals surface area contributed by atoms with Crippen LogP contribution < -0.4 is 10.6 Å². The fourth-order valence-corrected chi connectivity index (χ4v) is 2.43. The van der Waals surface area contributed by atoms with Crippen molar-refractivity contribution >= 4 is 17.3 Å². The van der Waals surface area contributed by atoms with Crippen molar-refractivity contribution < 1.29 is 14.3 Å². The molecule has 0 bridgehead atoms. The molecule has 0 radical (unpaired) electrons. The number of halogens is 1. The average molecular weight is 252 g/mol. The molecule has 0 atom stereocenters. The van der Waals surface area contributed by atoms with Crippen LogP contribution in [0.25, 0.3) is 0 Å². The number of nitrogens with zero attached hydrogens (tertiary/aromatic N) is 1. The van der Waals surface area contributed by atoms with Crippen LogP contribution >= 0.6 is 0 Å². The number of anilines is 2. The van der Waals surface area contributed by atoms with E-state index in [0.29, 0.717) is 5.69 Å². The summed E-state index contributed by atoms with van der Waals surface area (Å²) in [5.74, 6) is -0.938. The van der Waals surface area contributed by atoms with Crippen LogP contribution in [-0.4, -0.2) is 24.2 Å². The lowest BCUT2D eigenvalue weighted by atomic mass is 9.93. The van der Waals surface area contributed by atoms with E-state index in [4.69, 9.17) is 10.8 Å². The predicted octanol–water partition coefficient (Wildman–Crippen LogP) is 2.10. The SMILES string of the molecule is Nc1c(F)cccc1N1CCC(CC(=O)O)CC1. The van der Waals surface area contributed by atoms with Crippen LogP contribution in [0.3, 0.4) is 0 Å². The van der Waals surface area contributed by atoms with Gasteiger partial charge in [-0.3, -0.25) is 4.79 Å². The number of hydrogen-bond donors (Lipinski definition) is 2. The van der Waals surface area contributed by atoms with Gasteiger partial charge in [0.25, 0.3) is 0 Å². The molecule has 3 N–H and O–H groups in total. The Labute approximate surface area is 105 Å². The van der Waals surface area contributed by atoms with E-state index >= 15 is 0 Å². The van der Waals surface area contributed by atoms with Gasteiger partial charge >= 0.3 is 5.97 Å². The molecule has 4 nitrogen and oxygen atoms in total. The molecule has 18 heavy (non-hydrogen) atoms. The fourth-order valence-electron chi connectivity index (χ4n) is 2.43. The monoisotopic (exact) mass is 252 g/mol. The minimum atomic E-state index is -0.751. The molecule has 1 aliphatic heterocycles. The molecule has 1 heterocycles. The van der Waals surface area contributed by atoms with Crippen LogP contribution in [0, 0.1) is 11.7 Å². The van der Waals surface area contributed by atoms with Gasteiger partial charge in [0.2, 0.25) is 0 Å². The summed E-state index contributed by atoms with van der Waals surface area (Å²) in [4.78, 5) is 12.7. The van der Waals surface area contributed by atoms with Crippen molar-refractivity contribution in [3.05, 3.63) is 24.0 Å². The molecule has 2 rings (SSSR count). The van der Waals surface area contributed by atoms with Gasteiger partial charge in [0.15, 0.2) is 0 Å². The first-order valence-corrected chi connectivity index (χ1v) is 6.08. The van der Waals surface area contributed by atoms with Crippen molar-refractivity contribution in [3.63, 3.8) is 0 Å². The van der Waals surface area contributed by atoms with Gasteiger partial charge in [0.1, 0.15) is 5.82 Å². The maximum absolute atomic E-state index is 13.4. The largest absolute Gasteiger partial charge is 0.481 e. The third-order valence-corrected chi connectivity index (χ3v) is 3.45. The first-order chi connectivity index (χ1) is 8.58. The number of piperidine rings is 1. The highest BCUT2D eigenvalue weighted by Crippen LogP contribution is 2.30. The number of para-hydroxylation sites is 1. The molecule has 98 valence electrons. The number of carbonyl (C=O) groups is 1. The summed E-state index contributed by atoms with van der Waals surface area (Å²) in [6.07, 6.45) is 1.83. The average Bonchev–Trinajstić information content (AvgIpc) is 2.33. The molecule has 0 amide bonds. The first-order valence-electron chi connectivity index (χ1n) is 6.08. The Morgan fingerprint density at radius 1 is 1.44 bits per heavy atom. The van der Waals surface area contributed by atoms with Gasteiger partial charge in [-0.2, -0.15) is 0 Å². The molecule has 0 spiro atoms. The van der Waals surface area contributed by atoms with E-state index in [9.17, 15) is 9.18 Å². The number of carboxylic acid groups (broad SMARTS) is 1. The van der Waals surface area contributed by atoms with Crippen molar-refractivity contribution in [2.24, 2.45) is 5.92 Å². The van der Waals surface area contributed by atoms with Gasteiger partial charge in [0.05, 0.1) is 11.4 Å². The van der Waals surface area contributed by atoms with Gasteiger partial charge in [-0.1, -0.05) is 6.07 Å². The number of benzene rings is 1. The maximum Gasteiger partial charge on any atom is 0.303 e. The van der Waals surface area contributed by atoms with E-state index in [-0.39, 0.29) is 18.0 Å². The Morgan fingerprint density at radius 3 is 2.72 bits per heavy atom. The molecule has 1 saturated heterocycles. The van der Waals surface area contributed by atoms with Crippen molar-refractivity contribution in [1.82, 2.24) is 0 Å². The summed E-state index contributed by atoms with van der Waals surface area (Å²) in [5, 5.41) is 8.75. The lowest BCUT2D eigenvalue weighted by Crippen LogP contribution is -2.34. The van der Waals surface area contributed by atoms with Gasteiger partial charge in [-0.05, 0) is 30.9 Å². The molecule has 1 aromatic rings. The van der Waals surface area contributed by atoms with Crippen LogP contribution in [-0.2, 0) is 4.79 Å². The molecule has 1 aliphatic rings. The summed E-state index contributed by atoms with van der Waals surface area (Å²) in [5.41, 5.74) is 6.61. The summed E-state index contributed by atoms with van der Waals surface area (Å²) < 4.78 is 13.4. The normalized spacial score (nSPS) is 16.8. The van der Waals surface area contributed by atoms with Crippen molar-refractivity contribution in [2.45, 2.75) is 19.3 Å². The van der Waals surface area contributed by atoms with Crippen molar-refractivity contribution in [1.29, 1.82) is 0 Å². The topological polar surface area (TPSA) is 66.6 Å². The van der Waals surface area contributed by atoms with Gasteiger partial charge in [0, 0.05) is 19.5 Å². The molecule has 1 aromatic carbocycles. The fraction of sp³-hybridized carbons (Fsp3) is 0.462. The molecule has 1 fully saturated rings. The number of nitrogens with two attached hydrogens (primary N) is 1. The highest BCUT2D eigenvalue weighted by molar-refractivity contribution is 5.69. The van der Waals surface area contributed by atoms with Crippen LogP contribution in [0.2, 0.25) is 0 Å². The number of hydrogen-bond acceptors (Lipinski definition) is 3. The Kier molecular flexibility index (Phi) is 3.69. The Bertz CT molecular complexity index is 443. The molecule has 0 unspecified atom stereocenters. The van der Waals surface area contributed by atoms with Crippen LogP contribution in [0.5, 0.6) is 0 Å². The van der Waals surface area contributed by atoms with E-state index in [2.05, 4.69) is 0 Å². The maximum atomic E-state index is 13.4. The minimum absolute atomic E-state index is 0.175. The van der Waals surface area contributed by atoms with Crippen molar-refractivity contribution in [3.8, 4) is 0 Å². The number of aliphatic carboxylic acids is 1. The lowest BCUT2D eigenvalue weighted by Gasteiger charge is -2.33. The molecule has 0 aliphatic carbocycles. The highest BCUT2D eigenvalue weighted by Gasteiger charge is 2.22. The third kappa shape index (κ3) is 2.72. The number of rotatable bonds is 3. The zero-order chi connectivity index (χ0) is 13.1. The van der Waals surface area contributed by atoms with E-state index < -0.39 is 11.8 Å². The van der Waals surface area contributed by atoms with Crippen LogP contribution in [0.4, 0.5) is 15.8 Å². The summed E-state index contributed by atoms with van der Waals surface area (Å²) >= 11 is 0. The molecular formula is C13H17FN2O2. The Balaban J connectivity index is 2.01. The van der Waals surface area contributed by atoms with E-state index in [0.717, 1.165) is 25.9 Å². The van der Waals surface area contributed by atoms with Crippen molar-refractivity contribution in [2.75, 3.05) is 23.7 Å². The van der Waals surface area contributed by atoms with E-state index in [1.165, 1.54) is 6.07 Å². The Hall–Kier alpha value is -1.78. The molecule has 5 heteroatoms. The minimum Gasteiger partial charge on any atom is -0.481 e. The van der Waals surface area contributed by atoms with Gasteiger partial charge in [-0.15, -0.1) is 0 Å². The summed E-state index contributed by atoms with van der Waals surface area (Å²) in [6.45, 7) is 1.46. The lowest BCUT2D eigenvalue weighted by molar-refractivity contribution is -0.138. The van der Waals surface area contributed by atoms with E-state index in [1.807, 2.05) is 4.90 Å². The summed E-state index contributed by atoms with van der Waals surface area (Å²) in [6, 6.07) is 4.79. The Morgan fingerprint density at radius 2 is 2.11 bits per heavy atom. The number of nitrogen functional groups attached to an aromatic ring is 1. The first kappa shape index (κ1) is 12.7. The number of carboxylic acids is 1. The summed E-state index contributed by atoms with van der Waals surface area (Å²) in [7, 11) is 0. The third-order valence-electron chi connectivity index (χ3n) is 3.45. The van der Waals surface area contributed by atoms with Gasteiger partial charge in [-0.25, -0.2) is 4.39 Å². The smallest absolute Gasteiger partial charge is 0.303 e. The quantitative estimate of drug-likeness (QED) is 0.808. The molecule has 0 saturated carbocycles. The molecule has 0 aromatic heterocycles. The zero-order valence-electron chi connectivity index (χ0n) is 10.1. The van der Waals surface area contributed by atoms with Gasteiger partial charge < -0.3 is 15.7 Å². The predicted molar refractivity (Wildman–Crippen MR) is 68.0 cm³/mol. The second-order valence-electron chi connectivity index (χ2n) is 4.70. The van der Waals surface area contributed by atoms with E-state index in [1.54, 1.807) is 12.1 Å². The second kappa shape index (κ2) is 5.25. The molecular weight excluding hydrogens is 235 g/mol. The highest BCUT2D eigenvalue weighted by atomic mass is 19.1. The van der Waals surface area contributed by atoms with Crippen LogP contribution in [0.1, 0.15) is 19.3 Å².